The van der Waals surface area contributed by atoms with E-state index in [1.807, 2.05) is 0 Å². The number of carbonyl (C=O) groups excluding carboxylic acids is 2. The zero-order valence-corrected chi connectivity index (χ0v) is 7.87. The van der Waals surface area contributed by atoms with Crippen LogP contribution in [0.25, 0.3) is 0 Å². The van der Waals surface area contributed by atoms with Gasteiger partial charge in [-0.05, 0) is 19.4 Å². The Hall–Kier alpha value is -1.84. The minimum Gasteiger partial charge on any atom is -0.507 e. The highest BCUT2D eigenvalue weighted by molar-refractivity contribution is 5.92. The summed E-state index contributed by atoms with van der Waals surface area (Å²) >= 11 is 0. The molecule has 0 aromatic heterocycles. The average molecular weight is 194 g/mol. The van der Waals surface area contributed by atoms with Gasteiger partial charge < -0.3 is 10.2 Å². The fourth-order valence-electron chi connectivity index (χ4n) is 1.30. The highest BCUT2D eigenvalue weighted by atomic mass is 16.3. The van der Waals surface area contributed by atoms with E-state index < -0.39 is 0 Å². The van der Waals surface area contributed by atoms with Gasteiger partial charge in [-0.25, -0.2) is 0 Å². The molecule has 0 saturated heterocycles. The first kappa shape index (κ1) is 10.2. The van der Waals surface area contributed by atoms with Crippen LogP contribution in [-0.4, -0.2) is 22.8 Å². The molecule has 1 rings (SSSR count). The van der Waals surface area contributed by atoms with Gasteiger partial charge in [0.2, 0.25) is 0 Å². The Morgan fingerprint density at radius 3 is 1.50 bits per heavy atom. The summed E-state index contributed by atoms with van der Waals surface area (Å²) in [6.45, 7) is 2.93. The number of hydrogen-bond acceptors (Lipinski definition) is 4. The number of aromatic hydroxyl groups is 2. The summed E-state index contributed by atoms with van der Waals surface area (Å²) < 4.78 is 0. The van der Waals surface area contributed by atoms with Gasteiger partial charge in [-0.2, -0.15) is 0 Å². The van der Waals surface area contributed by atoms with Crippen LogP contribution in [0.2, 0.25) is 0 Å². The first-order valence-electron chi connectivity index (χ1n) is 4.00. The van der Waals surface area contributed by atoms with Gasteiger partial charge >= 0.3 is 0 Å². The SMILES string of the molecule is Cc1c(O)c(C=O)c(C)c(C=O)c1O. The quantitative estimate of drug-likeness (QED) is 0.696. The van der Waals surface area contributed by atoms with Crippen LogP contribution in [0.15, 0.2) is 0 Å². The van der Waals surface area contributed by atoms with Gasteiger partial charge in [0.05, 0.1) is 11.1 Å². The number of phenols is 2. The average Bonchev–Trinajstić information content (AvgIpc) is 2.16. The largest absolute Gasteiger partial charge is 0.507 e. The monoisotopic (exact) mass is 194 g/mol. The number of rotatable bonds is 2. The van der Waals surface area contributed by atoms with E-state index in [1.54, 1.807) is 0 Å². The van der Waals surface area contributed by atoms with E-state index in [9.17, 15) is 19.8 Å². The van der Waals surface area contributed by atoms with Gasteiger partial charge in [-0.1, -0.05) is 0 Å². The molecule has 0 unspecified atom stereocenters. The smallest absolute Gasteiger partial charge is 0.154 e. The summed E-state index contributed by atoms with van der Waals surface area (Å²) in [5, 5.41) is 18.9. The zero-order valence-electron chi connectivity index (χ0n) is 7.87. The third-order valence-corrected chi connectivity index (χ3v) is 2.26. The van der Waals surface area contributed by atoms with Crippen molar-refractivity contribution in [1.82, 2.24) is 0 Å². The van der Waals surface area contributed by atoms with Gasteiger partial charge in [0, 0.05) is 5.56 Å². The second-order valence-electron chi connectivity index (χ2n) is 3.01. The first-order chi connectivity index (χ1) is 6.54. The molecule has 0 radical (unpaired) electrons. The summed E-state index contributed by atoms with van der Waals surface area (Å²) in [6.07, 6.45) is 0.925. The molecule has 0 aliphatic rings. The van der Waals surface area contributed by atoms with Crippen LogP contribution in [0.4, 0.5) is 0 Å². The molecular formula is C10H10O4. The summed E-state index contributed by atoms with van der Waals surface area (Å²) in [6, 6.07) is 0. The maximum absolute atomic E-state index is 10.6. The Balaban J connectivity index is 3.72. The molecule has 0 amide bonds. The molecule has 4 heteroatoms. The van der Waals surface area contributed by atoms with Crippen molar-refractivity contribution in [2.45, 2.75) is 13.8 Å². The van der Waals surface area contributed by atoms with Crippen LogP contribution in [0.3, 0.4) is 0 Å². The molecule has 74 valence electrons. The summed E-state index contributed by atoms with van der Waals surface area (Å²) in [5.41, 5.74) is 0.514. The molecule has 2 N–H and O–H groups in total. The maximum atomic E-state index is 10.6. The second kappa shape index (κ2) is 3.49. The van der Waals surface area contributed by atoms with Gasteiger partial charge in [0.1, 0.15) is 11.5 Å². The number of carbonyl (C=O) groups is 2. The van der Waals surface area contributed by atoms with E-state index in [0.29, 0.717) is 12.6 Å². The Bertz CT molecular complexity index is 372. The molecule has 0 spiro atoms. The molecule has 0 aliphatic heterocycles. The van der Waals surface area contributed by atoms with Gasteiger partial charge in [0.15, 0.2) is 12.6 Å². The highest BCUT2D eigenvalue weighted by Crippen LogP contribution is 2.34. The predicted octanol–water partition coefficient (Wildman–Crippen LogP) is 1.34. The van der Waals surface area contributed by atoms with E-state index in [1.165, 1.54) is 13.8 Å². The Kier molecular flexibility index (Phi) is 2.56. The lowest BCUT2D eigenvalue weighted by molar-refractivity contribution is 0.111. The molecule has 1 aromatic rings. The van der Waals surface area contributed by atoms with Gasteiger partial charge in [-0.3, -0.25) is 9.59 Å². The second-order valence-corrected chi connectivity index (χ2v) is 3.01. The summed E-state index contributed by atoms with van der Waals surface area (Å²) in [4.78, 5) is 21.2. The van der Waals surface area contributed by atoms with Crippen molar-refractivity contribution in [3.63, 3.8) is 0 Å². The van der Waals surface area contributed by atoms with Crippen molar-refractivity contribution in [1.29, 1.82) is 0 Å². The molecule has 0 bridgehead atoms. The molecule has 0 aliphatic carbocycles. The Morgan fingerprint density at radius 2 is 1.21 bits per heavy atom. The zero-order chi connectivity index (χ0) is 10.9. The lowest BCUT2D eigenvalue weighted by Gasteiger charge is -2.10. The van der Waals surface area contributed by atoms with Crippen molar-refractivity contribution in [2.24, 2.45) is 0 Å². The minimum atomic E-state index is -0.277. The summed E-state index contributed by atoms with van der Waals surface area (Å²) in [7, 11) is 0. The Labute approximate surface area is 80.8 Å². The van der Waals surface area contributed by atoms with Crippen molar-refractivity contribution >= 4 is 12.6 Å². The van der Waals surface area contributed by atoms with Crippen LogP contribution in [0.1, 0.15) is 31.8 Å². The van der Waals surface area contributed by atoms with E-state index in [0.717, 1.165) is 0 Å². The predicted molar refractivity (Wildman–Crippen MR) is 50.0 cm³/mol. The molecule has 0 heterocycles. The molecule has 4 nitrogen and oxygen atoms in total. The molecule has 0 atom stereocenters. The van der Waals surface area contributed by atoms with Crippen LogP contribution >= 0.6 is 0 Å². The normalized spacial score (nSPS) is 9.86. The van der Waals surface area contributed by atoms with Crippen molar-refractivity contribution < 1.29 is 19.8 Å². The molecule has 14 heavy (non-hydrogen) atoms. The topological polar surface area (TPSA) is 74.6 Å². The van der Waals surface area contributed by atoms with Crippen molar-refractivity contribution in [2.75, 3.05) is 0 Å². The molecular weight excluding hydrogens is 184 g/mol. The lowest BCUT2D eigenvalue weighted by Crippen LogP contribution is -1.97. The van der Waals surface area contributed by atoms with Crippen LogP contribution in [0.5, 0.6) is 11.5 Å². The van der Waals surface area contributed by atoms with Gasteiger partial charge in [-0.15, -0.1) is 0 Å². The third kappa shape index (κ3) is 1.25. The number of aldehydes is 2. The van der Waals surface area contributed by atoms with Crippen molar-refractivity contribution in [3.8, 4) is 11.5 Å². The fourth-order valence-corrected chi connectivity index (χ4v) is 1.30. The van der Waals surface area contributed by atoms with Crippen LogP contribution < -0.4 is 0 Å². The number of benzene rings is 1. The van der Waals surface area contributed by atoms with Crippen LogP contribution in [-0.2, 0) is 0 Å². The van der Waals surface area contributed by atoms with Crippen molar-refractivity contribution in [3.05, 3.63) is 22.3 Å². The highest BCUT2D eigenvalue weighted by Gasteiger charge is 2.17. The number of hydrogen-bond donors (Lipinski definition) is 2. The fraction of sp³-hybridized carbons (Fsp3) is 0.200. The maximum Gasteiger partial charge on any atom is 0.154 e. The van der Waals surface area contributed by atoms with E-state index in [-0.39, 0.29) is 33.8 Å². The molecule has 0 fully saturated rings. The van der Waals surface area contributed by atoms with E-state index >= 15 is 0 Å². The van der Waals surface area contributed by atoms with Crippen LogP contribution in [0, 0.1) is 13.8 Å². The van der Waals surface area contributed by atoms with E-state index in [2.05, 4.69) is 0 Å². The minimum absolute atomic E-state index is 0.0439. The third-order valence-electron chi connectivity index (χ3n) is 2.26. The van der Waals surface area contributed by atoms with Gasteiger partial charge in [0.25, 0.3) is 0 Å². The Morgan fingerprint density at radius 1 is 0.857 bits per heavy atom. The molecule has 1 aromatic carbocycles. The van der Waals surface area contributed by atoms with E-state index in [4.69, 9.17) is 0 Å². The standard InChI is InChI=1S/C10H10O4/c1-5-7(3-11)9(13)6(2)10(14)8(5)4-12/h3-4,13-14H,1-2H3. The molecule has 0 saturated carbocycles. The summed E-state index contributed by atoms with van der Waals surface area (Å²) in [5.74, 6) is -0.554. The first-order valence-corrected chi connectivity index (χ1v) is 4.00. The lowest BCUT2D eigenvalue weighted by atomic mass is 9.98. The number of phenolic OH excluding ortho intramolecular Hbond substituents is 2.